The number of aryl methyl sites for hydroxylation is 2. The lowest BCUT2D eigenvalue weighted by Crippen LogP contribution is -2.46. The summed E-state index contributed by atoms with van der Waals surface area (Å²) in [4.78, 5) is 20.7. The van der Waals surface area contributed by atoms with Crippen molar-refractivity contribution in [2.75, 3.05) is 38.3 Å². The van der Waals surface area contributed by atoms with Crippen LogP contribution in [-0.4, -0.2) is 63.1 Å². The highest BCUT2D eigenvalue weighted by Gasteiger charge is 2.36. The molecular weight excluding hydrogens is 510 g/mol. The summed E-state index contributed by atoms with van der Waals surface area (Å²) in [5, 5.41) is 0.689. The van der Waals surface area contributed by atoms with Crippen LogP contribution in [0.4, 0.5) is 5.13 Å². The van der Waals surface area contributed by atoms with Crippen LogP contribution >= 0.6 is 11.3 Å². The molecule has 10 heteroatoms. The van der Waals surface area contributed by atoms with Gasteiger partial charge in [-0.05, 0) is 87.1 Å². The minimum atomic E-state index is -3.63. The van der Waals surface area contributed by atoms with Crippen molar-refractivity contribution in [1.82, 2.24) is 9.29 Å². The summed E-state index contributed by atoms with van der Waals surface area (Å²) in [6, 6.07) is 10.6. The number of nitrogens with zero attached hydrogens (tertiary/aromatic N) is 3. The van der Waals surface area contributed by atoms with Gasteiger partial charge < -0.3 is 9.47 Å². The zero-order chi connectivity index (χ0) is 26.2. The van der Waals surface area contributed by atoms with Crippen molar-refractivity contribution in [2.45, 2.75) is 50.5 Å². The van der Waals surface area contributed by atoms with Crippen LogP contribution in [0.2, 0.25) is 0 Å². The zero-order valence-electron chi connectivity index (χ0n) is 21.5. The van der Waals surface area contributed by atoms with Gasteiger partial charge in [0.05, 0.1) is 34.9 Å². The van der Waals surface area contributed by atoms with Crippen molar-refractivity contribution in [3.05, 3.63) is 47.5 Å². The van der Waals surface area contributed by atoms with Crippen LogP contribution in [0.15, 0.2) is 41.3 Å². The van der Waals surface area contributed by atoms with E-state index in [-0.39, 0.29) is 22.8 Å². The number of thiazole rings is 1. The predicted molar refractivity (Wildman–Crippen MR) is 145 cm³/mol. The fraction of sp³-hybridized carbons (Fsp3) is 0.481. The average molecular weight is 544 g/mol. The van der Waals surface area contributed by atoms with Crippen molar-refractivity contribution in [3.63, 3.8) is 0 Å². The number of fused-ring (bicyclic) bond motifs is 1. The smallest absolute Gasteiger partial charge is 0.243 e. The Kier molecular flexibility index (Phi) is 7.53. The minimum Gasteiger partial charge on any atom is -0.497 e. The summed E-state index contributed by atoms with van der Waals surface area (Å²) in [5.74, 6) is 0.346. The summed E-state index contributed by atoms with van der Waals surface area (Å²) in [6.07, 6.45) is 2.85. The molecule has 0 N–H and O–H groups in total. The topological polar surface area (TPSA) is 89.0 Å². The fourth-order valence-corrected chi connectivity index (χ4v) is 7.53. The summed E-state index contributed by atoms with van der Waals surface area (Å²) in [7, 11) is -2.08. The molecule has 2 aliphatic heterocycles. The van der Waals surface area contributed by atoms with Crippen molar-refractivity contribution >= 4 is 42.6 Å². The summed E-state index contributed by atoms with van der Waals surface area (Å²) in [5.41, 5.74) is 3.27. The Morgan fingerprint density at radius 1 is 1.14 bits per heavy atom. The van der Waals surface area contributed by atoms with E-state index in [1.165, 1.54) is 26.8 Å². The lowest BCUT2D eigenvalue weighted by atomic mass is 9.96. The molecule has 0 spiro atoms. The van der Waals surface area contributed by atoms with Crippen molar-refractivity contribution < 1.29 is 22.7 Å². The van der Waals surface area contributed by atoms with Gasteiger partial charge in [0.15, 0.2) is 5.13 Å². The molecule has 2 aromatic carbocycles. The lowest BCUT2D eigenvalue weighted by molar-refractivity contribution is -0.123. The molecule has 0 radical (unpaired) electrons. The molecule has 1 aromatic heterocycles. The standard InChI is InChI=1S/C27H33N3O5S2/c1-18-15-24-25(16-19(18)2)36-27(28-24)30(17-22-5-4-14-35-22)26(31)20-10-12-29(13-11-20)37(32,33)23-8-6-21(34-3)7-9-23/h6-9,15-16,20,22H,4-5,10-14,17H2,1-3H3. The van der Waals surface area contributed by atoms with Gasteiger partial charge in [-0.2, -0.15) is 4.31 Å². The van der Waals surface area contributed by atoms with Crippen LogP contribution in [0.1, 0.15) is 36.8 Å². The highest BCUT2D eigenvalue weighted by atomic mass is 32.2. The Balaban J connectivity index is 1.33. The number of anilines is 1. The van der Waals surface area contributed by atoms with Crippen LogP contribution in [-0.2, 0) is 19.6 Å². The number of carbonyl (C=O) groups excluding carboxylic acids is 1. The number of benzene rings is 2. The quantitative estimate of drug-likeness (QED) is 0.435. The maximum absolute atomic E-state index is 13.8. The van der Waals surface area contributed by atoms with E-state index >= 15 is 0 Å². The molecule has 0 saturated carbocycles. The van der Waals surface area contributed by atoms with E-state index in [4.69, 9.17) is 14.5 Å². The molecule has 0 bridgehead atoms. The lowest BCUT2D eigenvalue weighted by Gasteiger charge is -2.33. The molecule has 3 aromatic rings. The molecule has 1 atom stereocenters. The molecule has 8 nitrogen and oxygen atoms in total. The van der Waals surface area contributed by atoms with Crippen molar-refractivity contribution in [3.8, 4) is 5.75 Å². The summed E-state index contributed by atoms with van der Waals surface area (Å²) in [6.45, 7) is 5.94. The SMILES string of the molecule is COc1ccc(S(=O)(=O)N2CCC(C(=O)N(CC3CCCO3)c3nc4cc(C)c(C)cc4s3)CC2)cc1. The Labute approximate surface area is 222 Å². The third-order valence-corrected chi connectivity index (χ3v) is 10.4. The normalized spacial score (nSPS) is 19.4. The summed E-state index contributed by atoms with van der Waals surface area (Å²) < 4.78 is 39.9. The zero-order valence-corrected chi connectivity index (χ0v) is 23.1. The summed E-state index contributed by atoms with van der Waals surface area (Å²) >= 11 is 1.53. The van der Waals surface area contributed by atoms with E-state index in [1.54, 1.807) is 36.3 Å². The fourth-order valence-electron chi connectivity index (χ4n) is 5.00. The maximum atomic E-state index is 13.8. The first-order valence-electron chi connectivity index (χ1n) is 12.7. The van der Waals surface area contributed by atoms with E-state index in [2.05, 4.69) is 26.0 Å². The molecule has 1 amide bonds. The number of rotatable bonds is 7. The van der Waals surface area contributed by atoms with Gasteiger partial charge in [-0.1, -0.05) is 11.3 Å². The Morgan fingerprint density at radius 3 is 2.49 bits per heavy atom. The number of aromatic nitrogens is 1. The highest BCUT2D eigenvalue weighted by Crippen LogP contribution is 2.34. The van der Waals surface area contributed by atoms with Gasteiger partial charge in [0.1, 0.15) is 5.75 Å². The largest absolute Gasteiger partial charge is 0.497 e. The Morgan fingerprint density at radius 2 is 1.84 bits per heavy atom. The van der Waals surface area contributed by atoms with Crippen molar-refractivity contribution in [1.29, 1.82) is 0 Å². The minimum absolute atomic E-state index is 0.00416. The first-order chi connectivity index (χ1) is 17.8. The van der Waals surface area contributed by atoms with E-state index in [0.717, 1.165) is 23.1 Å². The van der Waals surface area contributed by atoms with Gasteiger partial charge in [0, 0.05) is 25.6 Å². The number of piperidine rings is 1. The Bertz CT molecular complexity index is 1330. The second-order valence-electron chi connectivity index (χ2n) is 9.84. The molecule has 198 valence electrons. The van der Waals surface area contributed by atoms with Gasteiger partial charge >= 0.3 is 0 Å². The number of amides is 1. The molecule has 2 saturated heterocycles. The number of methoxy groups -OCH3 is 1. The molecular formula is C27H33N3O5S2. The van der Waals surface area contributed by atoms with Gasteiger partial charge in [-0.15, -0.1) is 0 Å². The number of hydrogen-bond donors (Lipinski definition) is 0. The highest BCUT2D eigenvalue weighted by molar-refractivity contribution is 7.89. The van der Waals surface area contributed by atoms with Crippen LogP contribution in [0.25, 0.3) is 10.2 Å². The molecule has 0 aliphatic carbocycles. The van der Waals surface area contributed by atoms with Gasteiger partial charge in [-0.25, -0.2) is 13.4 Å². The van der Waals surface area contributed by atoms with Crippen LogP contribution in [0, 0.1) is 19.8 Å². The molecule has 2 aliphatic rings. The second-order valence-corrected chi connectivity index (χ2v) is 12.8. The molecule has 3 heterocycles. The van der Waals surface area contributed by atoms with E-state index < -0.39 is 10.0 Å². The molecule has 5 rings (SSSR count). The maximum Gasteiger partial charge on any atom is 0.243 e. The van der Waals surface area contributed by atoms with Gasteiger partial charge in [0.25, 0.3) is 0 Å². The third kappa shape index (κ3) is 5.38. The predicted octanol–water partition coefficient (Wildman–Crippen LogP) is 4.53. The monoisotopic (exact) mass is 543 g/mol. The van der Waals surface area contributed by atoms with Crippen LogP contribution < -0.4 is 9.64 Å². The first-order valence-corrected chi connectivity index (χ1v) is 15.0. The van der Waals surface area contributed by atoms with Crippen molar-refractivity contribution in [2.24, 2.45) is 5.92 Å². The number of carbonyl (C=O) groups is 1. The average Bonchev–Trinajstić information content (AvgIpc) is 3.57. The number of sulfonamides is 1. The number of ether oxygens (including phenoxy) is 2. The van der Waals surface area contributed by atoms with Gasteiger partial charge in [0.2, 0.25) is 15.9 Å². The molecule has 2 fully saturated rings. The third-order valence-electron chi connectivity index (χ3n) is 7.40. The molecule has 1 unspecified atom stereocenters. The Hall–Kier alpha value is -2.53. The van der Waals surface area contributed by atoms with E-state index in [9.17, 15) is 13.2 Å². The first kappa shape index (κ1) is 26.1. The molecule has 37 heavy (non-hydrogen) atoms. The van der Waals surface area contributed by atoms with E-state index in [1.807, 2.05) is 0 Å². The number of hydrogen-bond acceptors (Lipinski definition) is 7. The second kappa shape index (κ2) is 10.7. The van der Waals surface area contributed by atoms with Crippen LogP contribution in [0.5, 0.6) is 5.75 Å². The van der Waals surface area contributed by atoms with Crippen LogP contribution in [0.3, 0.4) is 0 Å². The van der Waals surface area contributed by atoms with Gasteiger partial charge in [-0.3, -0.25) is 9.69 Å². The van der Waals surface area contributed by atoms with E-state index in [0.29, 0.717) is 50.0 Å².